The van der Waals surface area contributed by atoms with Crippen LogP contribution >= 0.6 is 11.6 Å². The number of anilines is 1. The van der Waals surface area contributed by atoms with Crippen molar-refractivity contribution in [2.45, 2.75) is 0 Å². The fraction of sp³-hybridized carbons (Fsp3) is 0. The van der Waals surface area contributed by atoms with E-state index in [0.29, 0.717) is 0 Å². The summed E-state index contributed by atoms with van der Waals surface area (Å²) in [6, 6.07) is 16.1. The van der Waals surface area contributed by atoms with Crippen molar-refractivity contribution in [3.8, 4) is 11.1 Å². The lowest BCUT2D eigenvalue weighted by molar-refractivity contribution is 1.60. The van der Waals surface area contributed by atoms with Crippen molar-refractivity contribution in [2.24, 2.45) is 0 Å². The molecule has 0 heterocycles. The van der Waals surface area contributed by atoms with Gasteiger partial charge in [-0.1, -0.05) is 35.9 Å². The summed E-state index contributed by atoms with van der Waals surface area (Å²) < 4.78 is 0. The maximum atomic E-state index is 5.83. The molecule has 0 amide bonds. The average Bonchev–Trinajstić information content (AvgIpc) is 2.20. The van der Waals surface area contributed by atoms with E-state index in [4.69, 9.17) is 17.3 Å². The predicted molar refractivity (Wildman–Crippen MR) is 60.1 cm³/mol. The van der Waals surface area contributed by atoms with Crippen LogP contribution in [-0.4, -0.2) is 0 Å². The molecule has 0 aliphatic heterocycles. The van der Waals surface area contributed by atoms with Gasteiger partial charge in [0.1, 0.15) is 0 Å². The first-order valence-electron chi connectivity index (χ1n) is 4.29. The summed E-state index contributed by atoms with van der Waals surface area (Å²) in [5, 5.41) is 0.731. The summed E-state index contributed by atoms with van der Waals surface area (Å²) in [7, 11) is 0. The number of benzene rings is 2. The first kappa shape index (κ1) is 9.10. The molecule has 0 spiro atoms. The summed E-state index contributed by atoms with van der Waals surface area (Å²) in [6.07, 6.45) is 0. The van der Waals surface area contributed by atoms with Crippen LogP contribution in [0.5, 0.6) is 0 Å². The predicted octanol–water partition coefficient (Wildman–Crippen LogP) is 3.39. The third-order valence-corrected chi connectivity index (χ3v) is 2.30. The summed E-state index contributed by atoms with van der Waals surface area (Å²) >= 11 is 5.80. The molecule has 2 rings (SSSR count). The van der Waals surface area contributed by atoms with Crippen molar-refractivity contribution in [3.05, 3.63) is 53.6 Å². The van der Waals surface area contributed by atoms with E-state index >= 15 is 0 Å². The Morgan fingerprint density at radius 1 is 1.07 bits per heavy atom. The highest BCUT2D eigenvalue weighted by Gasteiger charge is 2.00. The van der Waals surface area contributed by atoms with E-state index in [0.717, 1.165) is 21.8 Å². The maximum absolute atomic E-state index is 5.83. The molecule has 0 aliphatic carbocycles. The summed E-state index contributed by atoms with van der Waals surface area (Å²) in [4.78, 5) is 0. The van der Waals surface area contributed by atoms with Gasteiger partial charge in [-0.2, -0.15) is 0 Å². The molecule has 0 fully saturated rings. The van der Waals surface area contributed by atoms with Crippen molar-refractivity contribution >= 4 is 17.3 Å². The van der Waals surface area contributed by atoms with Crippen molar-refractivity contribution in [2.75, 3.05) is 5.73 Å². The Hall–Kier alpha value is -1.47. The number of nitrogens with two attached hydrogens (primary N) is 1. The molecule has 14 heavy (non-hydrogen) atoms. The molecule has 1 radical (unpaired) electrons. The van der Waals surface area contributed by atoms with Gasteiger partial charge in [-0.25, -0.2) is 0 Å². The lowest BCUT2D eigenvalue weighted by Crippen LogP contribution is -1.88. The van der Waals surface area contributed by atoms with Crippen LogP contribution in [0.4, 0.5) is 5.69 Å². The highest BCUT2D eigenvalue weighted by Crippen LogP contribution is 2.26. The van der Waals surface area contributed by atoms with Gasteiger partial charge in [-0.3, -0.25) is 0 Å². The van der Waals surface area contributed by atoms with E-state index in [2.05, 4.69) is 6.07 Å². The molecule has 0 unspecified atom stereocenters. The normalized spacial score (nSPS) is 10.1. The Morgan fingerprint density at radius 3 is 2.43 bits per heavy atom. The van der Waals surface area contributed by atoms with Gasteiger partial charge < -0.3 is 5.73 Å². The van der Waals surface area contributed by atoms with Crippen LogP contribution in [0.15, 0.2) is 42.5 Å². The van der Waals surface area contributed by atoms with Gasteiger partial charge in [0, 0.05) is 16.3 Å². The Labute approximate surface area is 88.1 Å². The van der Waals surface area contributed by atoms with Crippen molar-refractivity contribution in [3.63, 3.8) is 0 Å². The molecule has 2 heteroatoms. The van der Waals surface area contributed by atoms with Crippen LogP contribution < -0.4 is 5.73 Å². The number of nitrogen functional groups attached to an aromatic ring is 1. The largest absolute Gasteiger partial charge is 0.398 e. The summed E-state index contributed by atoms with van der Waals surface area (Å²) in [5.74, 6) is 0. The second-order valence-corrected chi connectivity index (χ2v) is 3.46. The fourth-order valence-electron chi connectivity index (χ4n) is 1.34. The van der Waals surface area contributed by atoms with E-state index in [9.17, 15) is 0 Å². The van der Waals surface area contributed by atoms with E-state index in [-0.39, 0.29) is 0 Å². The first-order chi connectivity index (χ1) is 6.77. The molecule has 0 atom stereocenters. The smallest absolute Gasteiger partial charge is 0.0406 e. The van der Waals surface area contributed by atoms with Crippen LogP contribution in [0.25, 0.3) is 11.1 Å². The lowest BCUT2D eigenvalue weighted by Gasteiger charge is -2.04. The van der Waals surface area contributed by atoms with Crippen LogP contribution in [0.1, 0.15) is 0 Å². The zero-order valence-corrected chi connectivity index (χ0v) is 8.25. The summed E-state index contributed by atoms with van der Waals surface area (Å²) in [6.45, 7) is 0. The molecular formula is C12H9ClN. The van der Waals surface area contributed by atoms with Gasteiger partial charge >= 0.3 is 0 Å². The molecule has 2 aromatic rings. The van der Waals surface area contributed by atoms with Gasteiger partial charge in [0.2, 0.25) is 0 Å². The van der Waals surface area contributed by atoms with Gasteiger partial charge in [-0.15, -0.1) is 0 Å². The SMILES string of the molecule is Nc1c[c]ccc1-c1ccc(Cl)cc1. The quantitative estimate of drug-likeness (QED) is 0.705. The van der Waals surface area contributed by atoms with Gasteiger partial charge in [0.25, 0.3) is 0 Å². The maximum Gasteiger partial charge on any atom is 0.0406 e. The van der Waals surface area contributed by atoms with E-state index < -0.39 is 0 Å². The van der Waals surface area contributed by atoms with Crippen molar-refractivity contribution < 1.29 is 0 Å². The van der Waals surface area contributed by atoms with E-state index in [1.807, 2.05) is 36.4 Å². The Kier molecular flexibility index (Phi) is 2.42. The minimum Gasteiger partial charge on any atom is -0.398 e. The number of hydrogen-bond donors (Lipinski definition) is 1. The standard InChI is InChI=1S/C12H9ClN/c13-10-7-5-9(6-8-10)11-3-1-2-4-12(11)14/h1,3-8H,14H2. The molecule has 0 aromatic heterocycles. The van der Waals surface area contributed by atoms with Gasteiger partial charge in [0.05, 0.1) is 0 Å². The second-order valence-electron chi connectivity index (χ2n) is 3.02. The zero-order chi connectivity index (χ0) is 9.97. The highest BCUT2D eigenvalue weighted by atomic mass is 35.5. The number of halogens is 1. The minimum atomic E-state index is 0.731. The van der Waals surface area contributed by atoms with Gasteiger partial charge in [0.15, 0.2) is 0 Å². The topological polar surface area (TPSA) is 26.0 Å². The van der Waals surface area contributed by atoms with Crippen LogP contribution in [0, 0.1) is 6.07 Å². The van der Waals surface area contributed by atoms with E-state index in [1.165, 1.54) is 0 Å². The molecule has 1 nitrogen and oxygen atoms in total. The minimum absolute atomic E-state index is 0.731. The van der Waals surface area contributed by atoms with Crippen LogP contribution in [0.3, 0.4) is 0 Å². The van der Waals surface area contributed by atoms with Crippen molar-refractivity contribution in [1.29, 1.82) is 0 Å². The third kappa shape index (κ3) is 1.73. The van der Waals surface area contributed by atoms with Crippen LogP contribution in [-0.2, 0) is 0 Å². The van der Waals surface area contributed by atoms with Gasteiger partial charge in [-0.05, 0) is 29.8 Å². The molecule has 0 saturated heterocycles. The molecular weight excluding hydrogens is 194 g/mol. The molecule has 69 valence electrons. The first-order valence-corrected chi connectivity index (χ1v) is 4.67. The van der Waals surface area contributed by atoms with Crippen molar-refractivity contribution in [1.82, 2.24) is 0 Å². The molecule has 2 aromatic carbocycles. The second kappa shape index (κ2) is 3.72. The Bertz CT molecular complexity index is 434. The van der Waals surface area contributed by atoms with E-state index in [1.54, 1.807) is 6.07 Å². The summed E-state index contributed by atoms with van der Waals surface area (Å²) in [5.41, 5.74) is 8.64. The molecule has 0 saturated carbocycles. The number of hydrogen-bond acceptors (Lipinski definition) is 1. The third-order valence-electron chi connectivity index (χ3n) is 2.05. The molecule has 2 N–H and O–H groups in total. The monoisotopic (exact) mass is 202 g/mol. The molecule has 0 aliphatic rings. The molecule has 0 bridgehead atoms. The van der Waals surface area contributed by atoms with Crippen LogP contribution in [0.2, 0.25) is 5.02 Å². The Morgan fingerprint density at radius 2 is 1.79 bits per heavy atom. The zero-order valence-electron chi connectivity index (χ0n) is 7.50. The Balaban J connectivity index is 2.50. The lowest BCUT2D eigenvalue weighted by atomic mass is 10.0. The fourth-order valence-corrected chi connectivity index (χ4v) is 1.46. The average molecular weight is 203 g/mol. The highest BCUT2D eigenvalue weighted by molar-refractivity contribution is 6.30. The number of rotatable bonds is 1.